The topological polar surface area (TPSA) is 66.8 Å². The maximum Gasteiger partial charge on any atom is 0.332 e. The Bertz CT molecular complexity index is 559. The summed E-state index contributed by atoms with van der Waals surface area (Å²) in [6.07, 6.45) is 3.62. The summed E-state index contributed by atoms with van der Waals surface area (Å²) in [7, 11) is 0. The third-order valence-electron chi connectivity index (χ3n) is 4.79. The number of carboxylic acids is 1. The predicted molar refractivity (Wildman–Crippen MR) is 84.9 cm³/mol. The van der Waals surface area contributed by atoms with Crippen molar-refractivity contribution in [2.75, 3.05) is 6.54 Å². The van der Waals surface area contributed by atoms with Crippen LogP contribution in [0, 0.1) is 0 Å². The second kappa shape index (κ2) is 7.13. The number of benzene rings is 1. The number of likely N-dealkylation sites (tertiary alicyclic amines) is 1. The highest BCUT2D eigenvalue weighted by molar-refractivity contribution is 5.83. The lowest BCUT2D eigenvalue weighted by atomic mass is 10.00. The number of nitrogens with zero attached hydrogens (tertiary/aromatic N) is 1. The van der Waals surface area contributed by atoms with Crippen LogP contribution < -0.4 is 0 Å². The number of ether oxygens (including phenoxy) is 1. The molecule has 1 aromatic carbocycles. The van der Waals surface area contributed by atoms with Crippen LogP contribution in [-0.4, -0.2) is 40.6 Å². The minimum absolute atomic E-state index is 0.0514. The van der Waals surface area contributed by atoms with Gasteiger partial charge in [0.2, 0.25) is 0 Å². The second-order valence-electron chi connectivity index (χ2n) is 6.34. The highest BCUT2D eigenvalue weighted by Gasteiger charge is 2.39. The zero-order valence-electron chi connectivity index (χ0n) is 13.2. The fourth-order valence-corrected chi connectivity index (χ4v) is 3.58. The lowest BCUT2D eigenvalue weighted by molar-refractivity contribution is -0.155. The third-order valence-corrected chi connectivity index (χ3v) is 4.79. The maximum absolute atomic E-state index is 12.9. The summed E-state index contributed by atoms with van der Waals surface area (Å²) < 4.78 is 5.47. The summed E-state index contributed by atoms with van der Waals surface area (Å²) in [5.41, 5.74) is 1.15. The van der Waals surface area contributed by atoms with Crippen LogP contribution in [0.2, 0.25) is 0 Å². The average molecular weight is 317 g/mol. The van der Waals surface area contributed by atoms with E-state index < -0.39 is 18.2 Å². The number of aliphatic carboxylic acids is 1. The van der Waals surface area contributed by atoms with Gasteiger partial charge < -0.3 is 14.7 Å². The molecular formula is C18H23NO4. The number of carbonyl (C=O) groups excluding carboxylic acids is 1. The number of amides is 1. The van der Waals surface area contributed by atoms with E-state index in [1.165, 1.54) is 0 Å². The van der Waals surface area contributed by atoms with Gasteiger partial charge in [-0.1, -0.05) is 43.2 Å². The van der Waals surface area contributed by atoms with E-state index in [1.54, 1.807) is 0 Å². The third kappa shape index (κ3) is 3.55. The first kappa shape index (κ1) is 16.0. The molecule has 0 aliphatic carbocycles. The molecule has 0 saturated carbocycles. The molecule has 1 aromatic rings. The Balaban J connectivity index is 1.77. The fourth-order valence-electron chi connectivity index (χ4n) is 3.58. The van der Waals surface area contributed by atoms with Gasteiger partial charge in [0.25, 0.3) is 5.91 Å². The van der Waals surface area contributed by atoms with Gasteiger partial charge in [0.15, 0.2) is 6.10 Å². The molecule has 2 heterocycles. The van der Waals surface area contributed by atoms with Crippen LogP contribution in [0.15, 0.2) is 30.3 Å². The Morgan fingerprint density at radius 2 is 1.74 bits per heavy atom. The molecule has 1 amide bonds. The highest BCUT2D eigenvalue weighted by Crippen LogP contribution is 2.32. The van der Waals surface area contributed by atoms with E-state index in [-0.39, 0.29) is 11.9 Å². The van der Waals surface area contributed by atoms with Crippen molar-refractivity contribution in [1.29, 1.82) is 0 Å². The molecule has 3 atom stereocenters. The minimum Gasteiger partial charge on any atom is -0.479 e. The molecule has 23 heavy (non-hydrogen) atoms. The molecule has 3 rings (SSSR count). The summed E-state index contributed by atoms with van der Waals surface area (Å²) in [5.74, 6) is -1.03. The van der Waals surface area contributed by atoms with E-state index >= 15 is 0 Å². The number of hydrogen-bond donors (Lipinski definition) is 1. The summed E-state index contributed by atoms with van der Waals surface area (Å²) in [6, 6.07) is 10.2. The van der Waals surface area contributed by atoms with Gasteiger partial charge in [0.1, 0.15) is 6.10 Å². The minimum atomic E-state index is -0.976. The normalized spacial score (nSPS) is 28.3. The zero-order chi connectivity index (χ0) is 16.2. The van der Waals surface area contributed by atoms with Crippen LogP contribution in [0.25, 0.3) is 0 Å². The summed E-state index contributed by atoms with van der Waals surface area (Å²) in [6.45, 7) is 0.718. The molecule has 2 fully saturated rings. The zero-order valence-corrected chi connectivity index (χ0v) is 13.2. The van der Waals surface area contributed by atoms with Crippen LogP contribution in [0.4, 0.5) is 0 Å². The number of hydrogen-bond acceptors (Lipinski definition) is 3. The molecular weight excluding hydrogens is 294 g/mol. The van der Waals surface area contributed by atoms with Gasteiger partial charge in [0, 0.05) is 6.54 Å². The van der Waals surface area contributed by atoms with E-state index in [2.05, 4.69) is 12.1 Å². The van der Waals surface area contributed by atoms with E-state index in [0.29, 0.717) is 12.8 Å². The number of rotatable bonds is 3. The average Bonchev–Trinajstić information content (AvgIpc) is 2.94. The van der Waals surface area contributed by atoms with Crippen molar-refractivity contribution in [3.63, 3.8) is 0 Å². The van der Waals surface area contributed by atoms with Gasteiger partial charge in [-0.3, -0.25) is 4.79 Å². The van der Waals surface area contributed by atoms with Crippen molar-refractivity contribution >= 4 is 11.9 Å². The van der Waals surface area contributed by atoms with Crippen LogP contribution in [0.3, 0.4) is 0 Å². The van der Waals surface area contributed by atoms with E-state index in [9.17, 15) is 9.59 Å². The molecule has 1 unspecified atom stereocenters. The van der Waals surface area contributed by atoms with Crippen molar-refractivity contribution in [2.24, 2.45) is 0 Å². The Morgan fingerprint density at radius 3 is 2.43 bits per heavy atom. The highest BCUT2D eigenvalue weighted by atomic mass is 16.5. The lowest BCUT2D eigenvalue weighted by Crippen LogP contribution is -2.42. The first-order valence-corrected chi connectivity index (χ1v) is 8.40. The van der Waals surface area contributed by atoms with Gasteiger partial charge in [-0.25, -0.2) is 4.79 Å². The summed E-state index contributed by atoms with van der Waals surface area (Å²) >= 11 is 0. The van der Waals surface area contributed by atoms with E-state index in [0.717, 1.165) is 37.8 Å². The smallest absolute Gasteiger partial charge is 0.332 e. The summed E-state index contributed by atoms with van der Waals surface area (Å²) in [5, 5.41) is 9.05. The Morgan fingerprint density at radius 1 is 1.00 bits per heavy atom. The number of carboxylic acid groups (broad SMARTS) is 1. The van der Waals surface area contributed by atoms with Gasteiger partial charge in [0.05, 0.1) is 6.04 Å². The van der Waals surface area contributed by atoms with Crippen molar-refractivity contribution in [2.45, 2.75) is 56.8 Å². The molecule has 2 aliphatic heterocycles. The van der Waals surface area contributed by atoms with Crippen molar-refractivity contribution in [3.05, 3.63) is 35.9 Å². The fraction of sp³-hybridized carbons (Fsp3) is 0.556. The monoisotopic (exact) mass is 317 g/mol. The van der Waals surface area contributed by atoms with E-state index in [4.69, 9.17) is 9.84 Å². The van der Waals surface area contributed by atoms with Crippen LogP contribution in [-0.2, 0) is 14.3 Å². The van der Waals surface area contributed by atoms with Crippen molar-refractivity contribution in [3.8, 4) is 0 Å². The largest absolute Gasteiger partial charge is 0.479 e. The Kier molecular flexibility index (Phi) is 4.96. The molecule has 124 valence electrons. The van der Waals surface area contributed by atoms with Crippen molar-refractivity contribution in [1.82, 2.24) is 4.90 Å². The van der Waals surface area contributed by atoms with Gasteiger partial charge in [-0.05, 0) is 31.2 Å². The van der Waals surface area contributed by atoms with Crippen molar-refractivity contribution < 1.29 is 19.4 Å². The van der Waals surface area contributed by atoms with Gasteiger partial charge in [-0.15, -0.1) is 0 Å². The SMILES string of the molecule is O=C(O)[C@H]1CC[C@@H](C(=O)N2CCCCCC2c2ccccc2)O1. The van der Waals surface area contributed by atoms with Crippen LogP contribution in [0.1, 0.15) is 50.1 Å². The molecule has 0 bridgehead atoms. The molecule has 5 nitrogen and oxygen atoms in total. The Labute approximate surface area is 136 Å². The summed E-state index contributed by atoms with van der Waals surface area (Å²) in [4.78, 5) is 25.9. The number of carbonyl (C=O) groups is 2. The maximum atomic E-state index is 12.9. The van der Waals surface area contributed by atoms with Gasteiger partial charge in [-0.2, -0.15) is 0 Å². The van der Waals surface area contributed by atoms with Crippen LogP contribution >= 0.6 is 0 Å². The molecule has 0 spiro atoms. The molecule has 1 N–H and O–H groups in total. The standard InChI is InChI=1S/C18H23NO4/c20-17(15-10-11-16(23-15)18(21)22)19-12-6-2-5-9-14(19)13-7-3-1-4-8-13/h1,3-4,7-8,14-16H,2,5-6,9-12H2,(H,21,22)/t14?,15-,16+/m0/s1. The van der Waals surface area contributed by atoms with Gasteiger partial charge >= 0.3 is 5.97 Å². The molecule has 0 aromatic heterocycles. The first-order chi connectivity index (χ1) is 11.2. The molecule has 0 radical (unpaired) electrons. The lowest BCUT2D eigenvalue weighted by Gasteiger charge is -2.32. The van der Waals surface area contributed by atoms with E-state index in [1.807, 2.05) is 23.1 Å². The Hall–Kier alpha value is -1.88. The molecule has 5 heteroatoms. The predicted octanol–water partition coefficient (Wildman–Crippen LogP) is 2.76. The second-order valence-corrected chi connectivity index (χ2v) is 6.34. The molecule has 2 saturated heterocycles. The first-order valence-electron chi connectivity index (χ1n) is 8.40. The van der Waals surface area contributed by atoms with Crippen LogP contribution in [0.5, 0.6) is 0 Å². The quantitative estimate of drug-likeness (QED) is 0.931. The molecule has 2 aliphatic rings.